The number of likely N-dealkylation sites (N-methyl/N-ethyl adjacent to an activating group) is 1. The number of aromatic nitrogens is 1. The Hall–Kier alpha value is -0.610. The zero-order chi connectivity index (χ0) is 11.7. The monoisotopic (exact) mass is 283 g/mol. The van der Waals surface area contributed by atoms with E-state index in [9.17, 15) is 0 Å². The highest BCUT2D eigenvalue weighted by atomic mass is 79.9. The summed E-state index contributed by atoms with van der Waals surface area (Å²) < 4.78 is 1.08. The van der Waals surface area contributed by atoms with E-state index < -0.39 is 0 Å². The molecule has 0 N–H and O–H groups in total. The molecule has 0 aromatic carbocycles. The smallest absolute Gasteiger partial charge is 0.129 e. The number of aryl methyl sites for hydroxylation is 1. The highest BCUT2D eigenvalue weighted by Crippen LogP contribution is 2.22. The molecule has 4 heteroatoms. The van der Waals surface area contributed by atoms with Crippen molar-refractivity contribution in [2.45, 2.75) is 19.9 Å². The maximum Gasteiger partial charge on any atom is 0.129 e. The molecule has 16 heavy (non-hydrogen) atoms. The normalized spacial score (nSPS) is 22.5. The number of pyridine rings is 1. The lowest BCUT2D eigenvalue weighted by Crippen LogP contribution is -2.50. The summed E-state index contributed by atoms with van der Waals surface area (Å²) in [6, 6.07) is 4.72. The lowest BCUT2D eigenvalue weighted by Gasteiger charge is -2.39. The summed E-state index contributed by atoms with van der Waals surface area (Å²) in [5.74, 6) is 1.10. The summed E-state index contributed by atoms with van der Waals surface area (Å²) in [4.78, 5) is 9.39. The van der Waals surface area contributed by atoms with Crippen LogP contribution in [0.5, 0.6) is 0 Å². The van der Waals surface area contributed by atoms with Gasteiger partial charge in [0.15, 0.2) is 0 Å². The summed E-state index contributed by atoms with van der Waals surface area (Å²) >= 11 is 3.49. The van der Waals surface area contributed by atoms with Crippen molar-refractivity contribution in [1.82, 2.24) is 9.88 Å². The quantitative estimate of drug-likeness (QED) is 0.789. The van der Waals surface area contributed by atoms with Crippen molar-refractivity contribution in [2.24, 2.45) is 0 Å². The largest absolute Gasteiger partial charge is 0.351 e. The third kappa shape index (κ3) is 2.38. The van der Waals surface area contributed by atoms with E-state index in [0.717, 1.165) is 35.6 Å². The predicted molar refractivity (Wildman–Crippen MR) is 71.0 cm³/mol. The number of anilines is 1. The molecule has 0 radical (unpaired) electrons. The molecule has 2 heterocycles. The topological polar surface area (TPSA) is 19.4 Å². The van der Waals surface area contributed by atoms with E-state index in [-0.39, 0.29) is 0 Å². The standard InChI is InChI=1S/C12H18BrN3/c1-9-8-15(3)6-7-16(9)12-5-4-11(13)10(2)14-12/h4-5,9H,6-8H2,1-3H3. The Morgan fingerprint density at radius 2 is 2.12 bits per heavy atom. The Morgan fingerprint density at radius 3 is 2.75 bits per heavy atom. The first kappa shape index (κ1) is 11.9. The third-order valence-electron chi connectivity index (χ3n) is 3.13. The van der Waals surface area contributed by atoms with Crippen molar-refractivity contribution in [3.8, 4) is 0 Å². The van der Waals surface area contributed by atoms with Crippen molar-refractivity contribution in [1.29, 1.82) is 0 Å². The van der Waals surface area contributed by atoms with Gasteiger partial charge in [-0.25, -0.2) is 4.98 Å². The van der Waals surface area contributed by atoms with Crippen LogP contribution in [0.2, 0.25) is 0 Å². The molecule has 1 fully saturated rings. The number of hydrogen-bond acceptors (Lipinski definition) is 3. The number of piperazine rings is 1. The second-order valence-electron chi connectivity index (χ2n) is 4.54. The van der Waals surface area contributed by atoms with Crippen molar-refractivity contribution >= 4 is 21.7 Å². The van der Waals surface area contributed by atoms with Gasteiger partial charge in [-0.2, -0.15) is 0 Å². The molecule has 2 rings (SSSR count). The summed E-state index contributed by atoms with van der Waals surface area (Å²) in [6.07, 6.45) is 0. The summed E-state index contributed by atoms with van der Waals surface area (Å²) in [6.45, 7) is 7.58. The van der Waals surface area contributed by atoms with E-state index in [1.807, 2.05) is 6.92 Å². The summed E-state index contributed by atoms with van der Waals surface area (Å²) in [5.41, 5.74) is 1.06. The molecule has 1 aliphatic heterocycles. The van der Waals surface area contributed by atoms with Gasteiger partial charge < -0.3 is 9.80 Å². The van der Waals surface area contributed by atoms with E-state index in [1.165, 1.54) is 0 Å². The average molecular weight is 284 g/mol. The fourth-order valence-electron chi connectivity index (χ4n) is 2.17. The first-order chi connectivity index (χ1) is 7.58. The molecule has 0 spiro atoms. The van der Waals surface area contributed by atoms with Crippen LogP contribution in [0.15, 0.2) is 16.6 Å². The van der Waals surface area contributed by atoms with Gasteiger partial charge in [-0.05, 0) is 49.0 Å². The molecule has 1 unspecified atom stereocenters. The molecule has 88 valence electrons. The van der Waals surface area contributed by atoms with Crippen LogP contribution in [0.4, 0.5) is 5.82 Å². The molecule has 1 aliphatic rings. The molecular formula is C12H18BrN3. The van der Waals surface area contributed by atoms with Crippen molar-refractivity contribution in [3.05, 3.63) is 22.3 Å². The summed E-state index contributed by atoms with van der Waals surface area (Å²) in [5, 5.41) is 0. The fraction of sp³-hybridized carbons (Fsp3) is 0.583. The lowest BCUT2D eigenvalue weighted by molar-refractivity contribution is 0.274. The Balaban J connectivity index is 2.20. The number of rotatable bonds is 1. The van der Waals surface area contributed by atoms with Crippen molar-refractivity contribution in [3.63, 3.8) is 0 Å². The van der Waals surface area contributed by atoms with E-state index in [1.54, 1.807) is 0 Å². The van der Waals surface area contributed by atoms with Gasteiger partial charge in [0.1, 0.15) is 5.82 Å². The minimum absolute atomic E-state index is 0.534. The zero-order valence-electron chi connectivity index (χ0n) is 10.1. The van der Waals surface area contributed by atoms with Gasteiger partial charge in [0, 0.05) is 30.1 Å². The maximum absolute atomic E-state index is 4.63. The average Bonchev–Trinajstić information content (AvgIpc) is 2.22. The van der Waals surface area contributed by atoms with Crippen LogP contribution < -0.4 is 4.90 Å². The van der Waals surface area contributed by atoms with Gasteiger partial charge in [0.2, 0.25) is 0 Å². The SMILES string of the molecule is Cc1nc(N2CCN(C)CC2C)ccc1Br. The second-order valence-corrected chi connectivity index (χ2v) is 5.40. The minimum atomic E-state index is 0.534. The van der Waals surface area contributed by atoms with E-state index in [2.05, 4.69) is 56.8 Å². The van der Waals surface area contributed by atoms with Gasteiger partial charge in [-0.15, -0.1) is 0 Å². The molecular weight excluding hydrogens is 266 g/mol. The molecule has 1 atom stereocenters. The first-order valence-electron chi connectivity index (χ1n) is 5.66. The maximum atomic E-state index is 4.63. The molecule has 0 bridgehead atoms. The summed E-state index contributed by atoms with van der Waals surface area (Å²) in [7, 11) is 2.17. The van der Waals surface area contributed by atoms with Crippen LogP contribution in [0.3, 0.4) is 0 Å². The van der Waals surface area contributed by atoms with Crippen LogP contribution in [0, 0.1) is 6.92 Å². The van der Waals surface area contributed by atoms with Gasteiger partial charge in [0.25, 0.3) is 0 Å². The second kappa shape index (κ2) is 4.72. The first-order valence-corrected chi connectivity index (χ1v) is 6.45. The van der Waals surface area contributed by atoms with Gasteiger partial charge in [-0.3, -0.25) is 0 Å². The minimum Gasteiger partial charge on any atom is -0.351 e. The van der Waals surface area contributed by atoms with E-state index in [0.29, 0.717) is 6.04 Å². The Kier molecular flexibility index (Phi) is 3.50. The lowest BCUT2D eigenvalue weighted by atomic mass is 10.2. The molecule has 1 aromatic rings. The fourth-order valence-corrected chi connectivity index (χ4v) is 2.39. The molecule has 0 amide bonds. The molecule has 0 aliphatic carbocycles. The molecule has 1 aromatic heterocycles. The Labute approximate surface area is 106 Å². The number of halogens is 1. The Morgan fingerprint density at radius 1 is 1.38 bits per heavy atom. The highest BCUT2D eigenvalue weighted by molar-refractivity contribution is 9.10. The number of nitrogens with zero attached hydrogens (tertiary/aromatic N) is 3. The van der Waals surface area contributed by atoms with Gasteiger partial charge >= 0.3 is 0 Å². The molecule has 0 saturated carbocycles. The van der Waals surface area contributed by atoms with E-state index in [4.69, 9.17) is 0 Å². The van der Waals surface area contributed by atoms with Crippen LogP contribution >= 0.6 is 15.9 Å². The van der Waals surface area contributed by atoms with Gasteiger partial charge in [0.05, 0.1) is 5.69 Å². The van der Waals surface area contributed by atoms with Crippen LogP contribution in [0.1, 0.15) is 12.6 Å². The third-order valence-corrected chi connectivity index (χ3v) is 3.97. The van der Waals surface area contributed by atoms with Crippen LogP contribution in [-0.4, -0.2) is 42.6 Å². The van der Waals surface area contributed by atoms with E-state index >= 15 is 0 Å². The predicted octanol–water partition coefficient (Wildman–Crippen LogP) is 2.29. The van der Waals surface area contributed by atoms with Crippen molar-refractivity contribution in [2.75, 3.05) is 31.6 Å². The Bertz CT molecular complexity index is 381. The number of hydrogen-bond donors (Lipinski definition) is 0. The van der Waals surface area contributed by atoms with Crippen molar-refractivity contribution < 1.29 is 0 Å². The molecule has 3 nitrogen and oxygen atoms in total. The van der Waals surface area contributed by atoms with Crippen LogP contribution in [0.25, 0.3) is 0 Å². The zero-order valence-corrected chi connectivity index (χ0v) is 11.7. The highest BCUT2D eigenvalue weighted by Gasteiger charge is 2.22. The molecule has 1 saturated heterocycles. The van der Waals surface area contributed by atoms with Gasteiger partial charge in [-0.1, -0.05) is 0 Å². The van der Waals surface area contributed by atoms with Crippen LogP contribution in [-0.2, 0) is 0 Å².